The summed E-state index contributed by atoms with van der Waals surface area (Å²) in [6, 6.07) is 14.5. The van der Waals surface area contributed by atoms with E-state index in [-0.39, 0.29) is 5.56 Å². The number of rotatable bonds is 4. The lowest BCUT2D eigenvalue weighted by Gasteiger charge is -2.10. The van der Waals surface area contributed by atoms with Gasteiger partial charge in [0.05, 0.1) is 24.6 Å². The molecule has 0 spiro atoms. The van der Waals surface area contributed by atoms with Gasteiger partial charge in [-0.2, -0.15) is 5.10 Å². The van der Waals surface area contributed by atoms with Crippen LogP contribution >= 0.6 is 0 Å². The minimum atomic E-state index is -0.978. The number of hydrogen-bond donors (Lipinski definition) is 2. The molecule has 0 atom stereocenters. The van der Waals surface area contributed by atoms with Gasteiger partial charge in [0.15, 0.2) is 0 Å². The first-order valence-electron chi connectivity index (χ1n) is 6.71. The molecule has 0 amide bonds. The Morgan fingerprint density at radius 2 is 1.91 bits per heavy atom. The number of carboxylic acids is 1. The molecule has 2 aromatic carbocycles. The van der Waals surface area contributed by atoms with E-state index in [1.54, 1.807) is 25.4 Å². The lowest BCUT2D eigenvalue weighted by Crippen LogP contribution is -1.98. The Labute approximate surface area is 127 Å². The number of carbonyl (C=O) groups is 1. The fraction of sp³-hybridized carbons (Fsp3) is 0.0588. The zero-order valence-electron chi connectivity index (χ0n) is 11.9. The number of nitrogens with zero attached hydrogens (tertiary/aromatic N) is 1. The van der Waals surface area contributed by atoms with Gasteiger partial charge in [0, 0.05) is 16.7 Å². The van der Waals surface area contributed by atoms with E-state index in [0.29, 0.717) is 11.3 Å². The highest BCUT2D eigenvalue weighted by atomic mass is 16.5. The molecule has 0 saturated heterocycles. The largest absolute Gasteiger partial charge is 0.496 e. The van der Waals surface area contributed by atoms with Crippen molar-refractivity contribution >= 4 is 5.97 Å². The molecular weight excluding hydrogens is 280 g/mol. The molecule has 110 valence electrons. The van der Waals surface area contributed by atoms with E-state index in [1.165, 1.54) is 6.07 Å². The molecule has 0 aliphatic carbocycles. The molecule has 22 heavy (non-hydrogen) atoms. The molecule has 0 fully saturated rings. The van der Waals surface area contributed by atoms with E-state index in [0.717, 1.165) is 16.8 Å². The quantitative estimate of drug-likeness (QED) is 0.772. The summed E-state index contributed by atoms with van der Waals surface area (Å²) < 4.78 is 5.36. The predicted molar refractivity (Wildman–Crippen MR) is 83.0 cm³/mol. The maximum Gasteiger partial charge on any atom is 0.335 e. The number of aromatic amines is 1. The number of nitrogens with one attached hydrogen (secondary N) is 1. The first kappa shape index (κ1) is 13.9. The minimum Gasteiger partial charge on any atom is -0.496 e. The maximum absolute atomic E-state index is 11.2. The summed E-state index contributed by atoms with van der Waals surface area (Å²) in [7, 11) is 1.56. The third kappa shape index (κ3) is 2.44. The van der Waals surface area contributed by atoms with Gasteiger partial charge in [0.25, 0.3) is 0 Å². The van der Waals surface area contributed by atoms with Crippen LogP contribution in [0.4, 0.5) is 0 Å². The van der Waals surface area contributed by atoms with E-state index in [4.69, 9.17) is 4.74 Å². The van der Waals surface area contributed by atoms with Crippen molar-refractivity contribution in [2.75, 3.05) is 7.11 Å². The van der Waals surface area contributed by atoms with Crippen molar-refractivity contribution in [2.45, 2.75) is 0 Å². The molecule has 1 heterocycles. The molecule has 0 unspecified atom stereocenters. The molecule has 0 saturated carbocycles. The standard InChI is InChI=1S/C17H14N2O3/c1-22-15-8-7-12(17(20)21)9-13(15)14-10-18-19-16(14)11-5-3-2-4-6-11/h2-10H,1H3,(H,18,19)(H,20,21). The SMILES string of the molecule is COc1ccc(C(=O)O)cc1-c1cn[nH]c1-c1ccccc1. The van der Waals surface area contributed by atoms with Crippen LogP contribution in [0.3, 0.4) is 0 Å². The van der Waals surface area contributed by atoms with Crippen molar-refractivity contribution in [3.05, 3.63) is 60.3 Å². The molecule has 3 rings (SSSR count). The summed E-state index contributed by atoms with van der Waals surface area (Å²) in [6.45, 7) is 0. The molecule has 1 aromatic heterocycles. The van der Waals surface area contributed by atoms with Crippen molar-refractivity contribution in [3.8, 4) is 28.1 Å². The van der Waals surface area contributed by atoms with Gasteiger partial charge in [-0.15, -0.1) is 0 Å². The van der Waals surface area contributed by atoms with E-state index in [1.807, 2.05) is 30.3 Å². The highest BCUT2D eigenvalue weighted by Crippen LogP contribution is 2.36. The predicted octanol–water partition coefficient (Wildman–Crippen LogP) is 3.45. The molecule has 3 aromatic rings. The van der Waals surface area contributed by atoms with Crippen LogP contribution in [0, 0.1) is 0 Å². The number of aromatic nitrogens is 2. The molecule has 0 aliphatic rings. The topological polar surface area (TPSA) is 75.2 Å². The van der Waals surface area contributed by atoms with Gasteiger partial charge in [-0.25, -0.2) is 4.79 Å². The Balaban J connectivity index is 2.18. The summed E-state index contributed by atoms with van der Waals surface area (Å²) in [6.07, 6.45) is 1.67. The van der Waals surface area contributed by atoms with Gasteiger partial charge < -0.3 is 9.84 Å². The average Bonchev–Trinajstić information content (AvgIpc) is 3.04. The minimum absolute atomic E-state index is 0.205. The summed E-state index contributed by atoms with van der Waals surface area (Å²) >= 11 is 0. The van der Waals surface area contributed by atoms with Crippen LogP contribution in [-0.2, 0) is 0 Å². The Morgan fingerprint density at radius 3 is 2.59 bits per heavy atom. The highest BCUT2D eigenvalue weighted by Gasteiger charge is 2.16. The number of methoxy groups -OCH3 is 1. The summed E-state index contributed by atoms with van der Waals surface area (Å²) in [5.74, 6) is -0.378. The summed E-state index contributed by atoms with van der Waals surface area (Å²) in [4.78, 5) is 11.2. The average molecular weight is 294 g/mol. The molecule has 0 bridgehead atoms. The number of H-pyrrole nitrogens is 1. The Morgan fingerprint density at radius 1 is 1.14 bits per heavy atom. The fourth-order valence-corrected chi connectivity index (χ4v) is 2.37. The second-order valence-electron chi connectivity index (χ2n) is 4.74. The van der Waals surface area contributed by atoms with Crippen molar-refractivity contribution in [1.82, 2.24) is 10.2 Å². The van der Waals surface area contributed by atoms with Crippen molar-refractivity contribution in [2.24, 2.45) is 0 Å². The van der Waals surface area contributed by atoms with Crippen molar-refractivity contribution in [3.63, 3.8) is 0 Å². The summed E-state index contributed by atoms with van der Waals surface area (Å²) in [5, 5.41) is 16.3. The van der Waals surface area contributed by atoms with Gasteiger partial charge in [0.1, 0.15) is 5.75 Å². The molecule has 5 nitrogen and oxygen atoms in total. The van der Waals surface area contributed by atoms with Crippen LogP contribution in [0.15, 0.2) is 54.7 Å². The Bertz CT molecular complexity index is 810. The number of aromatic carboxylic acids is 1. The fourth-order valence-electron chi connectivity index (χ4n) is 2.37. The Kier molecular flexibility index (Phi) is 3.62. The smallest absolute Gasteiger partial charge is 0.335 e. The second kappa shape index (κ2) is 5.73. The Hall–Kier alpha value is -3.08. The van der Waals surface area contributed by atoms with E-state index in [2.05, 4.69) is 10.2 Å². The highest BCUT2D eigenvalue weighted by molar-refractivity contribution is 5.92. The zero-order chi connectivity index (χ0) is 15.5. The van der Waals surface area contributed by atoms with Gasteiger partial charge in [0.2, 0.25) is 0 Å². The first-order chi connectivity index (χ1) is 10.7. The lowest BCUT2D eigenvalue weighted by molar-refractivity contribution is 0.0697. The van der Waals surface area contributed by atoms with Crippen molar-refractivity contribution in [1.29, 1.82) is 0 Å². The first-order valence-corrected chi connectivity index (χ1v) is 6.71. The number of carboxylic acid groups (broad SMARTS) is 1. The maximum atomic E-state index is 11.2. The molecule has 5 heteroatoms. The third-order valence-electron chi connectivity index (χ3n) is 3.44. The van der Waals surface area contributed by atoms with Crippen LogP contribution in [0.5, 0.6) is 5.75 Å². The van der Waals surface area contributed by atoms with E-state index >= 15 is 0 Å². The van der Waals surface area contributed by atoms with E-state index < -0.39 is 5.97 Å². The van der Waals surface area contributed by atoms with Crippen LogP contribution < -0.4 is 4.74 Å². The van der Waals surface area contributed by atoms with Crippen LogP contribution in [0.25, 0.3) is 22.4 Å². The number of hydrogen-bond acceptors (Lipinski definition) is 3. The normalized spacial score (nSPS) is 10.4. The monoisotopic (exact) mass is 294 g/mol. The van der Waals surface area contributed by atoms with Crippen molar-refractivity contribution < 1.29 is 14.6 Å². The van der Waals surface area contributed by atoms with Gasteiger partial charge in [-0.3, -0.25) is 5.10 Å². The van der Waals surface area contributed by atoms with Crippen LogP contribution in [-0.4, -0.2) is 28.4 Å². The molecule has 2 N–H and O–H groups in total. The molecule has 0 aliphatic heterocycles. The second-order valence-corrected chi connectivity index (χ2v) is 4.74. The molecule has 0 radical (unpaired) electrons. The van der Waals surface area contributed by atoms with E-state index in [9.17, 15) is 9.90 Å². The molecular formula is C17H14N2O3. The lowest BCUT2D eigenvalue weighted by atomic mass is 9.99. The summed E-state index contributed by atoms with van der Waals surface area (Å²) in [5.41, 5.74) is 3.48. The van der Waals surface area contributed by atoms with Crippen LogP contribution in [0.1, 0.15) is 10.4 Å². The number of benzene rings is 2. The number of ether oxygens (including phenoxy) is 1. The van der Waals surface area contributed by atoms with Gasteiger partial charge >= 0.3 is 5.97 Å². The zero-order valence-corrected chi connectivity index (χ0v) is 11.9. The van der Waals surface area contributed by atoms with Gasteiger partial charge in [-0.05, 0) is 18.2 Å². The van der Waals surface area contributed by atoms with Gasteiger partial charge in [-0.1, -0.05) is 30.3 Å². The third-order valence-corrected chi connectivity index (χ3v) is 3.44. The van der Waals surface area contributed by atoms with Crippen LogP contribution in [0.2, 0.25) is 0 Å².